The van der Waals surface area contributed by atoms with E-state index in [4.69, 9.17) is 9.26 Å². The molecule has 2 atom stereocenters. The molecule has 0 spiro atoms. The first-order chi connectivity index (χ1) is 13.7. The molecule has 0 unspecified atom stereocenters. The maximum absolute atomic E-state index is 10.4. The van der Waals surface area contributed by atoms with Gasteiger partial charge in [-0.2, -0.15) is 0 Å². The first-order valence-electron chi connectivity index (χ1n) is 9.60. The van der Waals surface area contributed by atoms with Gasteiger partial charge in [-0.25, -0.2) is 0 Å². The van der Waals surface area contributed by atoms with Gasteiger partial charge in [0.25, 0.3) is 0 Å². The van der Waals surface area contributed by atoms with Crippen LogP contribution in [0.2, 0.25) is 0 Å². The lowest BCUT2D eigenvalue weighted by atomic mass is 10.0. The summed E-state index contributed by atoms with van der Waals surface area (Å²) in [6, 6.07) is 15.9. The van der Waals surface area contributed by atoms with Crippen molar-refractivity contribution in [2.24, 2.45) is 5.92 Å². The van der Waals surface area contributed by atoms with Gasteiger partial charge in [0, 0.05) is 44.2 Å². The second kappa shape index (κ2) is 8.54. The number of hydrogen-bond acceptors (Lipinski definition) is 6. The predicted molar refractivity (Wildman–Crippen MR) is 105 cm³/mol. The second-order valence-corrected chi connectivity index (χ2v) is 7.42. The van der Waals surface area contributed by atoms with E-state index < -0.39 is 0 Å². The number of aliphatic hydroxyl groups excluding tert-OH is 1. The third-order valence-electron chi connectivity index (χ3n) is 5.04. The fraction of sp³-hybridized carbons (Fsp3) is 0.364. The molecule has 3 heterocycles. The van der Waals surface area contributed by atoms with Crippen LogP contribution in [0, 0.1) is 12.8 Å². The standard InChI is InChI=1S/C22H25N3O3/c1-16-9-21(28-24-16)11-18-13-25(14-22(18)26)12-17-5-4-7-20(10-17)27-15-19-6-2-3-8-23-19/h2-10,18,22,26H,11-15H2,1H3/t18-,22-/m1/s1. The van der Waals surface area contributed by atoms with Gasteiger partial charge in [-0.3, -0.25) is 9.88 Å². The van der Waals surface area contributed by atoms with Crippen LogP contribution in [-0.4, -0.2) is 39.3 Å². The fourth-order valence-electron chi connectivity index (χ4n) is 3.67. The average Bonchev–Trinajstić information content (AvgIpc) is 3.26. The van der Waals surface area contributed by atoms with Crippen LogP contribution in [0.5, 0.6) is 5.75 Å². The lowest BCUT2D eigenvalue weighted by molar-refractivity contribution is 0.137. The monoisotopic (exact) mass is 379 g/mol. The van der Waals surface area contributed by atoms with Gasteiger partial charge in [-0.15, -0.1) is 0 Å². The third kappa shape index (κ3) is 4.77. The summed E-state index contributed by atoms with van der Waals surface area (Å²) < 4.78 is 11.2. The summed E-state index contributed by atoms with van der Waals surface area (Å²) in [6.45, 7) is 4.64. The van der Waals surface area contributed by atoms with E-state index in [1.54, 1.807) is 6.20 Å². The van der Waals surface area contributed by atoms with E-state index in [1.807, 2.05) is 43.3 Å². The smallest absolute Gasteiger partial charge is 0.137 e. The molecule has 6 nitrogen and oxygen atoms in total. The van der Waals surface area contributed by atoms with Crippen molar-refractivity contribution in [3.05, 3.63) is 77.4 Å². The zero-order chi connectivity index (χ0) is 19.3. The molecule has 146 valence electrons. The number of aromatic nitrogens is 2. The first kappa shape index (κ1) is 18.7. The molecule has 4 rings (SSSR count). The Morgan fingerprint density at radius 1 is 1.18 bits per heavy atom. The number of rotatable bonds is 7. The van der Waals surface area contributed by atoms with E-state index in [-0.39, 0.29) is 12.0 Å². The van der Waals surface area contributed by atoms with E-state index >= 15 is 0 Å². The molecule has 1 aliphatic heterocycles. The van der Waals surface area contributed by atoms with E-state index in [1.165, 1.54) is 5.56 Å². The molecule has 1 N–H and O–H groups in total. The number of aliphatic hydroxyl groups is 1. The Bertz CT molecular complexity index is 897. The van der Waals surface area contributed by atoms with Gasteiger partial charge in [0.1, 0.15) is 18.1 Å². The number of aryl methyl sites for hydroxylation is 1. The van der Waals surface area contributed by atoms with Crippen LogP contribution in [-0.2, 0) is 19.6 Å². The highest BCUT2D eigenvalue weighted by molar-refractivity contribution is 5.28. The molecule has 3 aromatic rings. The van der Waals surface area contributed by atoms with Gasteiger partial charge in [0.05, 0.1) is 17.5 Å². The van der Waals surface area contributed by atoms with Crippen molar-refractivity contribution in [1.29, 1.82) is 0 Å². The molecule has 0 amide bonds. The molecular formula is C22H25N3O3. The highest BCUT2D eigenvalue weighted by atomic mass is 16.5. The van der Waals surface area contributed by atoms with Crippen molar-refractivity contribution in [3.63, 3.8) is 0 Å². The zero-order valence-electron chi connectivity index (χ0n) is 16.0. The molecule has 1 aliphatic rings. The topological polar surface area (TPSA) is 71.6 Å². The number of hydrogen-bond donors (Lipinski definition) is 1. The summed E-state index contributed by atoms with van der Waals surface area (Å²) in [7, 11) is 0. The molecule has 1 fully saturated rings. The molecule has 1 saturated heterocycles. The van der Waals surface area contributed by atoms with E-state index in [0.29, 0.717) is 19.6 Å². The van der Waals surface area contributed by atoms with Gasteiger partial charge in [-0.1, -0.05) is 23.4 Å². The molecule has 6 heteroatoms. The number of pyridine rings is 1. The lowest BCUT2D eigenvalue weighted by Crippen LogP contribution is -2.21. The fourth-order valence-corrected chi connectivity index (χ4v) is 3.67. The number of nitrogens with zero attached hydrogens (tertiary/aromatic N) is 3. The van der Waals surface area contributed by atoms with Crippen LogP contribution in [0.25, 0.3) is 0 Å². The Morgan fingerprint density at radius 2 is 2.11 bits per heavy atom. The van der Waals surface area contributed by atoms with Crippen molar-refractivity contribution in [2.75, 3.05) is 13.1 Å². The normalized spacial score (nSPS) is 19.8. The molecule has 1 aromatic carbocycles. The Balaban J connectivity index is 1.32. The highest BCUT2D eigenvalue weighted by Crippen LogP contribution is 2.24. The van der Waals surface area contributed by atoms with Crippen LogP contribution < -0.4 is 4.74 Å². The number of likely N-dealkylation sites (tertiary alicyclic amines) is 1. The van der Waals surface area contributed by atoms with Crippen molar-refractivity contribution < 1.29 is 14.4 Å². The SMILES string of the molecule is Cc1cc(C[C@@H]2CN(Cc3cccc(OCc4ccccn4)c3)C[C@H]2O)on1. The van der Waals surface area contributed by atoms with Crippen molar-refractivity contribution in [3.8, 4) is 5.75 Å². The van der Waals surface area contributed by atoms with Gasteiger partial charge in [0.2, 0.25) is 0 Å². The summed E-state index contributed by atoms with van der Waals surface area (Å²) in [5.41, 5.74) is 2.95. The summed E-state index contributed by atoms with van der Waals surface area (Å²) in [6.07, 6.45) is 2.13. The van der Waals surface area contributed by atoms with Crippen molar-refractivity contribution in [2.45, 2.75) is 32.6 Å². The van der Waals surface area contributed by atoms with E-state index in [2.05, 4.69) is 27.2 Å². The van der Waals surface area contributed by atoms with Crippen LogP contribution in [0.4, 0.5) is 0 Å². The van der Waals surface area contributed by atoms with Crippen LogP contribution >= 0.6 is 0 Å². The largest absolute Gasteiger partial charge is 0.487 e. The van der Waals surface area contributed by atoms with Gasteiger partial charge in [0.15, 0.2) is 0 Å². The summed E-state index contributed by atoms with van der Waals surface area (Å²) in [5.74, 6) is 1.83. The number of β-amino-alcohol motifs (C(OH)–C–C–N with tert-alkyl or cyclic N) is 1. The van der Waals surface area contributed by atoms with E-state index in [0.717, 1.165) is 36.0 Å². The molecule has 0 aliphatic carbocycles. The van der Waals surface area contributed by atoms with Crippen molar-refractivity contribution in [1.82, 2.24) is 15.0 Å². The Labute approximate surface area is 164 Å². The Hall–Kier alpha value is -2.70. The molecule has 0 radical (unpaired) electrons. The summed E-state index contributed by atoms with van der Waals surface area (Å²) >= 11 is 0. The predicted octanol–water partition coefficient (Wildman–Crippen LogP) is 2.99. The summed E-state index contributed by atoms with van der Waals surface area (Å²) in [4.78, 5) is 6.55. The van der Waals surface area contributed by atoms with Gasteiger partial charge >= 0.3 is 0 Å². The maximum atomic E-state index is 10.4. The van der Waals surface area contributed by atoms with Crippen molar-refractivity contribution >= 4 is 0 Å². The second-order valence-electron chi connectivity index (χ2n) is 7.42. The Morgan fingerprint density at radius 3 is 2.89 bits per heavy atom. The number of benzene rings is 1. The minimum Gasteiger partial charge on any atom is -0.487 e. The third-order valence-corrected chi connectivity index (χ3v) is 5.04. The Kier molecular flexibility index (Phi) is 5.69. The van der Waals surface area contributed by atoms with Gasteiger partial charge < -0.3 is 14.4 Å². The minimum absolute atomic E-state index is 0.163. The summed E-state index contributed by atoms with van der Waals surface area (Å²) in [5, 5.41) is 14.4. The lowest BCUT2D eigenvalue weighted by Gasteiger charge is -2.16. The number of ether oxygens (including phenoxy) is 1. The molecule has 2 aromatic heterocycles. The molecular weight excluding hydrogens is 354 g/mol. The average molecular weight is 379 g/mol. The zero-order valence-corrected chi connectivity index (χ0v) is 16.0. The van der Waals surface area contributed by atoms with Crippen LogP contribution in [0.15, 0.2) is 59.3 Å². The quantitative estimate of drug-likeness (QED) is 0.680. The molecule has 0 bridgehead atoms. The van der Waals surface area contributed by atoms with Gasteiger partial charge in [-0.05, 0) is 36.8 Å². The maximum Gasteiger partial charge on any atom is 0.137 e. The minimum atomic E-state index is -0.353. The first-order valence-corrected chi connectivity index (χ1v) is 9.60. The van der Waals surface area contributed by atoms with E-state index in [9.17, 15) is 5.11 Å². The highest BCUT2D eigenvalue weighted by Gasteiger charge is 2.32. The van der Waals surface area contributed by atoms with Crippen LogP contribution in [0.1, 0.15) is 22.7 Å². The van der Waals surface area contributed by atoms with Crippen LogP contribution in [0.3, 0.4) is 0 Å². The molecule has 0 saturated carbocycles. The molecule has 28 heavy (non-hydrogen) atoms.